The molecule has 0 spiro atoms. The number of benzene rings is 3. The monoisotopic (exact) mass is 351 g/mol. The number of allylic oxidation sites excluding steroid dienone is 4. The molecule has 0 heterocycles. The predicted molar refractivity (Wildman–Crippen MR) is 117 cm³/mol. The van der Waals surface area contributed by atoms with Crippen LogP contribution in [0, 0.1) is 11.3 Å². The van der Waals surface area contributed by atoms with Crippen molar-refractivity contribution in [2.45, 2.75) is 27.7 Å². The largest absolute Gasteiger partial charge is 0.308 e. The van der Waals surface area contributed by atoms with Gasteiger partial charge in [0, 0.05) is 17.7 Å². The van der Waals surface area contributed by atoms with Crippen LogP contribution in [0.5, 0.6) is 0 Å². The molecule has 0 aromatic heterocycles. The molecule has 3 aromatic rings. The van der Waals surface area contributed by atoms with E-state index >= 15 is 0 Å². The minimum Gasteiger partial charge on any atom is -0.308 e. The Balaban J connectivity index is 1.99. The van der Waals surface area contributed by atoms with E-state index in [1.54, 1.807) is 0 Å². The zero-order valence-corrected chi connectivity index (χ0v) is 16.4. The number of hydrogen-bond acceptors (Lipinski definition) is 1. The molecule has 0 radical (unpaired) electrons. The summed E-state index contributed by atoms with van der Waals surface area (Å²) in [5.74, 6) is 0.426. The first-order valence-electron chi connectivity index (χ1n) is 9.55. The van der Waals surface area contributed by atoms with Gasteiger partial charge in [0.2, 0.25) is 0 Å². The molecular weight excluding hydrogens is 326 g/mol. The lowest BCUT2D eigenvalue weighted by Gasteiger charge is -2.19. The van der Waals surface area contributed by atoms with Crippen molar-refractivity contribution in [3.63, 3.8) is 0 Å². The van der Waals surface area contributed by atoms with Crippen molar-refractivity contribution < 1.29 is 0 Å². The lowest BCUT2D eigenvalue weighted by atomic mass is 9.85. The highest BCUT2D eigenvalue weighted by Crippen LogP contribution is 2.45. The third kappa shape index (κ3) is 2.66. The molecule has 0 saturated heterocycles. The van der Waals surface area contributed by atoms with Crippen LogP contribution in [0.4, 0.5) is 0 Å². The first-order chi connectivity index (χ1) is 13.0. The Kier molecular flexibility index (Phi) is 4.31. The second-order valence-electron chi connectivity index (χ2n) is 7.51. The fourth-order valence-corrected chi connectivity index (χ4v) is 4.44. The van der Waals surface area contributed by atoms with Crippen LogP contribution < -0.4 is 0 Å². The summed E-state index contributed by atoms with van der Waals surface area (Å²) < 4.78 is 0. The maximum absolute atomic E-state index is 8.09. The third-order valence-electron chi connectivity index (χ3n) is 6.26. The van der Waals surface area contributed by atoms with E-state index in [1.807, 2.05) is 6.07 Å². The van der Waals surface area contributed by atoms with Crippen molar-refractivity contribution >= 4 is 22.6 Å². The van der Waals surface area contributed by atoms with Gasteiger partial charge in [-0.05, 0) is 65.0 Å². The van der Waals surface area contributed by atoms with Crippen LogP contribution in [0.1, 0.15) is 38.8 Å². The van der Waals surface area contributed by atoms with Gasteiger partial charge in [0.15, 0.2) is 0 Å². The minimum atomic E-state index is 0.426. The Morgan fingerprint density at radius 3 is 2.07 bits per heavy atom. The Morgan fingerprint density at radius 2 is 1.41 bits per heavy atom. The lowest BCUT2D eigenvalue weighted by molar-refractivity contribution is 0.895. The topological polar surface area (TPSA) is 23.9 Å². The lowest BCUT2D eigenvalue weighted by Crippen LogP contribution is -2.00. The van der Waals surface area contributed by atoms with Crippen LogP contribution in [-0.2, 0) is 0 Å². The summed E-state index contributed by atoms with van der Waals surface area (Å²) in [5, 5.41) is 10.4. The third-order valence-corrected chi connectivity index (χ3v) is 6.26. The minimum absolute atomic E-state index is 0.426. The summed E-state index contributed by atoms with van der Waals surface area (Å²) in [4.78, 5) is 0. The molecule has 134 valence electrons. The molecular formula is C26H25N. The van der Waals surface area contributed by atoms with Gasteiger partial charge in [-0.2, -0.15) is 0 Å². The highest BCUT2D eigenvalue weighted by atomic mass is 14.3. The SMILES string of the molecule is CC1=C(C)C(C)C(c2ccccc2-c2ccc3ccccc3c2C=N)=C1C. The number of rotatable bonds is 3. The van der Waals surface area contributed by atoms with E-state index < -0.39 is 0 Å². The van der Waals surface area contributed by atoms with Crippen molar-refractivity contribution in [3.8, 4) is 11.1 Å². The van der Waals surface area contributed by atoms with Crippen LogP contribution >= 0.6 is 0 Å². The first-order valence-corrected chi connectivity index (χ1v) is 9.55. The smallest absolute Gasteiger partial charge is 0.0262 e. The Bertz CT molecular complexity index is 1130. The van der Waals surface area contributed by atoms with Gasteiger partial charge in [-0.1, -0.05) is 73.2 Å². The summed E-state index contributed by atoms with van der Waals surface area (Å²) in [6, 6.07) is 21.3. The maximum Gasteiger partial charge on any atom is 0.0262 e. The average Bonchev–Trinajstić information content (AvgIpc) is 2.90. The van der Waals surface area contributed by atoms with Gasteiger partial charge in [0.05, 0.1) is 0 Å². The van der Waals surface area contributed by atoms with Crippen molar-refractivity contribution in [1.29, 1.82) is 5.41 Å². The molecule has 1 atom stereocenters. The van der Waals surface area contributed by atoms with E-state index in [-0.39, 0.29) is 0 Å². The van der Waals surface area contributed by atoms with E-state index in [2.05, 4.69) is 82.3 Å². The molecule has 3 aromatic carbocycles. The van der Waals surface area contributed by atoms with Crippen molar-refractivity contribution in [1.82, 2.24) is 0 Å². The highest BCUT2D eigenvalue weighted by molar-refractivity contribution is 6.06. The Hall–Kier alpha value is -2.93. The average molecular weight is 351 g/mol. The molecule has 0 aliphatic heterocycles. The van der Waals surface area contributed by atoms with Crippen molar-refractivity contribution in [2.24, 2.45) is 5.92 Å². The number of nitrogens with one attached hydrogen (secondary N) is 1. The van der Waals surface area contributed by atoms with Gasteiger partial charge in [-0.25, -0.2) is 0 Å². The van der Waals surface area contributed by atoms with Gasteiger partial charge >= 0.3 is 0 Å². The maximum atomic E-state index is 8.09. The summed E-state index contributed by atoms with van der Waals surface area (Å²) in [5.41, 5.74) is 10.3. The molecule has 0 saturated carbocycles. The van der Waals surface area contributed by atoms with E-state index in [0.717, 1.165) is 16.5 Å². The zero-order chi connectivity index (χ0) is 19.1. The molecule has 0 fully saturated rings. The van der Waals surface area contributed by atoms with Gasteiger partial charge in [-0.3, -0.25) is 0 Å². The molecule has 0 bridgehead atoms. The fraction of sp³-hybridized carbons (Fsp3) is 0.192. The molecule has 1 aliphatic carbocycles. The first kappa shape index (κ1) is 17.5. The Labute approximate surface area is 161 Å². The quantitative estimate of drug-likeness (QED) is 0.480. The summed E-state index contributed by atoms with van der Waals surface area (Å²) >= 11 is 0. The van der Waals surface area contributed by atoms with Gasteiger partial charge in [0.1, 0.15) is 0 Å². The van der Waals surface area contributed by atoms with E-state index in [1.165, 1.54) is 45.0 Å². The van der Waals surface area contributed by atoms with E-state index in [0.29, 0.717) is 5.92 Å². The summed E-state index contributed by atoms with van der Waals surface area (Å²) in [7, 11) is 0. The molecule has 1 heteroatoms. The number of fused-ring (bicyclic) bond motifs is 1. The molecule has 1 N–H and O–H groups in total. The summed E-state index contributed by atoms with van der Waals surface area (Å²) in [6.45, 7) is 9.03. The molecule has 1 nitrogen and oxygen atoms in total. The normalized spacial score (nSPS) is 17.1. The van der Waals surface area contributed by atoms with Gasteiger partial charge < -0.3 is 5.41 Å². The van der Waals surface area contributed by atoms with E-state index in [4.69, 9.17) is 5.41 Å². The molecule has 0 amide bonds. The fourth-order valence-electron chi connectivity index (χ4n) is 4.44. The van der Waals surface area contributed by atoms with Crippen LogP contribution in [0.2, 0.25) is 0 Å². The highest BCUT2D eigenvalue weighted by Gasteiger charge is 2.26. The van der Waals surface area contributed by atoms with Crippen LogP contribution in [0.15, 0.2) is 77.4 Å². The zero-order valence-electron chi connectivity index (χ0n) is 16.4. The predicted octanol–water partition coefficient (Wildman–Crippen LogP) is 7.26. The van der Waals surface area contributed by atoms with E-state index in [9.17, 15) is 0 Å². The molecule has 27 heavy (non-hydrogen) atoms. The van der Waals surface area contributed by atoms with Crippen LogP contribution in [0.25, 0.3) is 27.5 Å². The van der Waals surface area contributed by atoms with Crippen LogP contribution in [-0.4, -0.2) is 6.21 Å². The standard InChI is InChI=1S/C26H25N/c1-16-17(2)19(4)26(18(16)3)24-12-8-7-11-22(24)23-14-13-20-9-5-6-10-21(20)25(23)15-27/h5-15,18,27H,1-4H3. The number of hydrogen-bond donors (Lipinski definition) is 1. The van der Waals surface area contributed by atoms with Gasteiger partial charge in [0.25, 0.3) is 0 Å². The van der Waals surface area contributed by atoms with Gasteiger partial charge in [-0.15, -0.1) is 0 Å². The van der Waals surface area contributed by atoms with Crippen molar-refractivity contribution in [2.75, 3.05) is 0 Å². The molecule has 1 aliphatic rings. The van der Waals surface area contributed by atoms with Crippen LogP contribution in [0.3, 0.4) is 0 Å². The molecule has 1 unspecified atom stereocenters. The van der Waals surface area contributed by atoms with Crippen molar-refractivity contribution in [3.05, 3.63) is 88.5 Å². The Morgan fingerprint density at radius 1 is 0.741 bits per heavy atom. The summed E-state index contributed by atoms with van der Waals surface area (Å²) in [6.07, 6.45) is 1.50. The molecule has 4 rings (SSSR count). The second-order valence-corrected chi connectivity index (χ2v) is 7.51. The second kappa shape index (κ2) is 6.66.